The van der Waals surface area contributed by atoms with Gasteiger partial charge < -0.3 is 15.5 Å². The van der Waals surface area contributed by atoms with Gasteiger partial charge in [-0.1, -0.05) is 33.1 Å². The molecule has 1 aliphatic rings. The van der Waals surface area contributed by atoms with Crippen molar-refractivity contribution >= 4 is 11.8 Å². The molecule has 0 heterocycles. The van der Waals surface area contributed by atoms with Gasteiger partial charge in [0.05, 0.1) is 12.6 Å². The van der Waals surface area contributed by atoms with E-state index in [0.29, 0.717) is 6.04 Å². The average molecular weight is 283 g/mol. The van der Waals surface area contributed by atoms with E-state index in [1.54, 1.807) is 7.05 Å². The van der Waals surface area contributed by atoms with Gasteiger partial charge in [-0.25, -0.2) is 0 Å². The highest BCUT2D eigenvalue weighted by molar-refractivity contribution is 5.87. The van der Waals surface area contributed by atoms with Crippen molar-refractivity contribution in [3.8, 4) is 0 Å². The quantitative estimate of drug-likeness (QED) is 0.825. The third-order valence-corrected chi connectivity index (χ3v) is 4.27. The lowest BCUT2D eigenvalue weighted by atomic mass is 9.94. The smallest absolute Gasteiger partial charge is 0.242 e. The van der Waals surface area contributed by atoms with Crippen molar-refractivity contribution in [2.24, 2.45) is 11.7 Å². The molecule has 0 unspecified atom stereocenters. The van der Waals surface area contributed by atoms with Gasteiger partial charge in [-0.15, -0.1) is 0 Å². The van der Waals surface area contributed by atoms with Crippen LogP contribution in [-0.4, -0.2) is 54.3 Å². The fraction of sp³-hybridized carbons (Fsp3) is 0.867. The van der Waals surface area contributed by atoms with Gasteiger partial charge >= 0.3 is 0 Å². The van der Waals surface area contributed by atoms with Crippen LogP contribution in [0.1, 0.15) is 46.0 Å². The first-order valence-electron chi connectivity index (χ1n) is 7.60. The summed E-state index contributed by atoms with van der Waals surface area (Å²) in [6, 6.07) is -0.202. The van der Waals surface area contributed by atoms with E-state index in [1.165, 1.54) is 24.2 Å². The summed E-state index contributed by atoms with van der Waals surface area (Å²) in [7, 11) is 3.50. The number of hydrogen-bond acceptors (Lipinski definition) is 3. The maximum Gasteiger partial charge on any atom is 0.242 e. The normalized spacial score (nSPS) is 17.9. The number of rotatable bonds is 5. The minimum absolute atomic E-state index is 0.00343. The van der Waals surface area contributed by atoms with Gasteiger partial charge in [0.25, 0.3) is 0 Å². The lowest BCUT2D eigenvalue weighted by Gasteiger charge is -2.33. The molecule has 5 nitrogen and oxygen atoms in total. The zero-order valence-corrected chi connectivity index (χ0v) is 13.3. The molecule has 0 aliphatic heterocycles. The molecule has 0 radical (unpaired) electrons. The van der Waals surface area contributed by atoms with Crippen LogP contribution < -0.4 is 5.73 Å². The van der Waals surface area contributed by atoms with Gasteiger partial charge in [0.2, 0.25) is 11.8 Å². The van der Waals surface area contributed by atoms with E-state index >= 15 is 0 Å². The zero-order valence-electron chi connectivity index (χ0n) is 13.3. The van der Waals surface area contributed by atoms with Crippen molar-refractivity contribution in [3.05, 3.63) is 0 Å². The second-order valence-electron chi connectivity index (χ2n) is 6.26. The van der Waals surface area contributed by atoms with Crippen LogP contribution in [0.5, 0.6) is 0 Å². The van der Waals surface area contributed by atoms with Crippen LogP contribution >= 0.6 is 0 Å². The first-order valence-corrected chi connectivity index (χ1v) is 7.60. The summed E-state index contributed by atoms with van der Waals surface area (Å²) in [6.45, 7) is 3.94. The fourth-order valence-corrected chi connectivity index (χ4v) is 2.60. The molecule has 1 rings (SSSR count). The molecule has 0 spiro atoms. The Balaban J connectivity index is 2.49. The Morgan fingerprint density at radius 1 is 1.15 bits per heavy atom. The number of nitrogens with two attached hydrogens (primary N) is 1. The summed E-state index contributed by atoms with van der Waals surface area (Å²) >= 11 is 0. The van der Waals surface area contributed by atoms with Crippen LogP contribution in [-0.2, 0) is 9.59 Å². The molecule has 116 valence electrons. The number of carbonyl (C=O) groups is 2. The topological polar surface area (TPSA) is 66.6 Å². The van der Waals surface area contributed by atoms with Crippen molar-refractivity contribution in [3.63, 3.8) is 0 Å². The fourth-order valence-electron chi connectivity index (χ4n) is 2.60. The molecule has 0 bridgehead atoms. The molecule has 2 N–H and O–H groups in total. The average Bonchev–Trinajstić information content (AvgIpc) is 2.45. The van der Waals surface area contributed by atoms with Gasteiger partial charge in [0.15, 0.2) is 0 Å². The molecule has 2 amide bonds. The molecular weight excluding hydrogens is 254 g/mol. The number of carbonyl (C=O) groups excluding carboxylic acids is 2. The number of amides is 2. The first-order chi connectivity index (χ1) is 9.34. The predicted octanol–water partition coefficient (Wildman–Crippen LogP) is 1.22. The van der Waals surface area contributed by atoms with E-state index in [9.17, 15) is 9.59 Å². The Hall–Kier alpha value is -1.10. The molecule has 1 aliphatic carbocycles. The maximum atomic E-state index is 12.2. The largest absolute Gasteiger partial charge is 0.341 e. The van der Waals surface area contributed by atoms with E-state index in [0.717, 1.165) is 12.8 Å². The second-order valence-corrected chi connectivity index (χ2v) is 6.26. The third kappa shape index (κ3) is 4.47. The molecular formula is C15H29N3O2. The number of hydrogen-bond donors (Lipinski definition) is 1. The molecule has 1 atom stereocenters. The molecule has 0 aromatic rings. The minimum atomic E-state index is -0.534. The van der Waals surface area contributed by atoms with E-state index in [2.05, 4.69) is 0 Å². The lowest BCUT2D eigenvalue weighted by molar-refractivity contribution is -0.141. The Kier molecular flexibility index (Phi) is 6.46. The van der Waals surface area contributed by atoms with Crippen LogP contribution in [0.2, 0.25) is 0 Å². The van der Waals surface area contributed by atoms with Gasteiger partial charge in [-0.3, -0.25) is 9.59 Å². The van der Waals surface area contributed by atoms with E-state index < -0.39 is 6.04 Å². The summed E-state index contributed by atoms with van der Waals surface area (Å²) in [5, 5.41) is 0. The second kappa shape index (κ2) is 7.62. The molecule has 0 aromatic carbocycles. The Bertz CT molecular complexity index is 338. The van der Waals surface area contributed by atoms with Crippen molar-refractivity contribution < 1.29 is 9.59 Å². The number of likely N-dealkylation sites (N-methyl/N-ethyl adjacent to an activating group) is 2. The summed E-state index contributed by atoms with van der Waals surface area (Å²) in [5.74, 6) is -0.0785. The SMILES string of the molecule is CC(C)[C@H](N)C(=O)N(C)CC(=O)N(C)C1CCCCC1. The third-order valence-electron chi connectivity index (χ3n) is 4.27. The summed E-state index contributed by atoms with van der Waals surface area (Å²) in [4.78, 5) is 27.5. The molecule has 20 heavy (non-hydrogen) atoms. The Morgan fingerprint density at radius 2 is 1.70 bits per heavy atom. The molecule has 1 fully saturated rings. The minimum Gasteiger partial charge on any atom is -0.341 e. The van der Waals surface area contributed by atoms with Crippen LogP contribution in [0.3, 0.4) is 0 Å². The Labute approximate surface area is 122 Å². The standard InChI is InChI=1S/C15H29N3O2/c1-11(2)14(16)15(20)17(3)10-13(19)18(4)12-8-6-5-7-9-12/h11-12,14H,5-10,16H2,1-4H3/t14-/m0/s1. The Morgan fingerprint density at radius 3 is 2.20 bits per heavy atom. The van der Waals surface area contributed by atoms with Gasteiger partial charge in [-0.2, -0.15) is 0 Å². The zero-order chi connectivity index (χ0) is 15.3. The summed E-state index contributed by atoms with van der Waals surface area (Å²) in [6.07, 6.45) is 5.79. The van der Waals surface area contributed by atoms with Crippen LogP contribution in [0.25, 0.3) is 0 Å². The molecule has 1 saturated carbocycles. The van der Waals surface area contributed by atoms with E-state index in [-0.39, 0.29) is 24.3 Å². The highest BCUT2D eigenvalue weighted by Gasteiger charge is 2.26. The predicted molar refractivity (Wildman–Crippen MR) is 80.1 cm³/mol. The first kappa shape index (κ1) is 17.0. The van der Waals surface area contributed by atoms with E-state index in [1.807, 2.05) is 25.8 Å². The summed E-state index contributed by atoms with van der Waals surface area (Å²) in [5.41, 5.74) is 5.84. The number of nitrogens with zero attached hydrogens (tertiary/aromatic N) is 2. The van der Waals surface area contributed by atoms with Crippen LogP contribution in [0, 0.1) is 5.92 Å². The van der Waals surface area contributed by atoms with Gasteiger partial charge in [0.1, 0.15) is 0 Å². The van der Waals surface area contributed by atoms with Crippen molar-refractivity contribution in [2.45, 2.75) is 58.0 Å². The van der Waals surface area contributed by atoms with Crippen LogP contribution in [0.15, 0.2) is 0 Å². The monoisotopic (exact) mass is 283 g/mol. The highest BCUT2D eigenvalue weighted by atomic mass is 16.2. The highest BCUT2D eigenvalue weighted by Crippen LogP contribution is 2.21. The van der Waals surface area contributed by atoms with Crippen molar-refractivity contribution in [1.29, 1.82) is 0 Å². The summed E-state index contributed by atoms with van der Waals surface area (Å²) < 4.78 is 0. The molecule has 5 heteroatoms. The van der Waals surface area contributed by atoms with Crippen LogP contribution in [0.4, 0.5) is 0 Å². The van der Waals surface area contributed by atoms with Crippen molar-refractivity contribution in [1.82, 2.24) is 9.80 Å². The molecule has 0 saturated heterocycles. The molecule has 0 aromatic heterocycles. The van der Waals surface area contributed by atoms with Gasteiger partial charge in [-0.05, 0) is 18.8 Å². The maximum absolute atomic E-state index is 12.2. The lowest BCUT2D eigenvalue weighted by Crippen LogP contribution is -2.49. The van der Waals surface area contributed by atoms with Crippen molar-refractivity contribution in [2.75, 3.05) is 20.6 Å². The van der Waals surface area contributed by atoms with Gasteiger partial charge in [0, 0.05) is 20.1 Å². The van der Waals surface area contributed by atoms with E-state index in [4.69, 9.17) is 5.73 Å².